The van der Waals surface area contributed by atoms with Crippen LogP contribution in [-0.4, -0.2) is 99.8 Å². The lowest BCUT2D eigenvalue weighted by Crippen LogP contribution is -2.52. The smallest absolute Gasteiger partial charge is 0.290 e. The van der Waals surface area contributed by atoms with Gasteiger partial charge in [-0.05, 0) is 22.6 Å². The van der Waals surface area contributed by atoms with Gasteiger partial charge in [0.05, 0.1) is 43.8 Å². The molecular formula is C27H27N9O5S. The largest absolute Gasteiger partial charge is 0.495 e. The number of carbonyl (C=O) groups excluding carboxylic acids is 2. The first-order chi connectivity index (χ1) is 20.6. The Labute approximate surface area is 244 Å². The zero-order chi connectivity index (χ0) is 28.6. The molecule has 6 heterocycles. The maximum absolute atomic E-state index is 13.6. The molecule has 216 valence electrons. The molecule has 0 radical (unpaired) electrons. The zero-order valence-electron chi connectivity index (χ0n) is 22.7. The van der Waals surface area contributed by atoms with E-state index in [4.69, 9.17) is 14.2 Å². The predicted molar refractivity (Wildman–Crippen MR) is 151 cm³/mol. The van der Waals surface area contributed by atoms with Gasteiger partial charge in [0.1, 0.15) is 22.1 Å². The number of rotatable bonds is 7. The van der Waals surface area contributed by atoms with E-state index in [0.717, 1.165) is 5.69 Å². The summed E-state index contributed by atoms with van der Waals surface area (Å²) in [5.74, 6) is -0.697. The van der Waals surface area contributed by atoms with Crippen LogP contribution in [-0.2, 0) is 19.1 Å². The maximum atomic E-state index is 13.6. The highest BCUT2D eigenvalue weighted by Crippen LogP contribution is 2.44. The quantitative estimate of drug-likeness (QED) is 0.312. The van der Waals surface area contributed by atoms with Crippen LogP contribution in [0.25, 0.3) is 17.1 Å². The van der Waals surface area contributed by atoms with Crippen LogP contribution in [0.5, 0.6) is 5.75 Å². The molecule has 42 heavy (non-hydrogen) atoms. The van der Waals surface area contributed by atoms with Gasteiger partial charge in [-0.1, -0.05) is 23.3 Å². The number of nitrogens with one attached hydrogen (secondary N) is 1. The number of ether oxygens (including phenoxy) is 3. The van der Waals surface area contributed by atoms with E-state index in [9.17, 15) is 9.59 Å². The summed E-state index contributed by atoms with van der Waals surface area (Å²) in [6, 6.07) is 9.61. The number of anilines is 2. The minimum absolute atomic E-state index is 0.257. The molecule has 7 rings (SSSR count). The SMILES string of the molecule is COc1cnc(-c2csc(C3OCCO3)n2)c2c1C(C(=O)C(=O)N1CCN(c3nnnn3-c3ccccc3)CC1)CN2. The monoisotopic (exact) mass is 589 g/mol. The molecule has 14 nitrogen and oxygen atoms in total. The number of ketones is 1. The van der Waals surface area contributed by atoms with E-state index in [0.29, 0.717) is 78.7 Å². The Morgan fingerprint density at radius 1 is 1.10 bits per heavy atom. The second-order valence-corrected chi connectivity index (χ2v) is 10.8. The predicted octanol–water partition coefficient (Wildman–Crippen LogP) is 1.66. The molecule has 4 aromatic rings. The van der Waals surface area contributed by atoms with E-state index in [-0.39, 0.29) is 6.54 Å². The number of nitrogens with zero attached hydrogens (tertiary/aromatic N) is 8. The van der Waals surface area contributed by atoms with Crippen LogP contribution in [0.15, 0.2) is 41.9 Å². The van der Waals surface area contributed by atoms with Gasteiger partial charge >= 0.3 is 0 Å². The average Bonchev–Trinajstić information content (AvgIpc) is 3.86. The van der Waals surface area contributed by atoms with E-state index in [1.165, 1.54) is 18.4 Å². The molecule has 0 spiro atoms. The van der Waals surface area contributed by atoms with Gasteiger partial charge in [0.2, 0.25) is 18.0 Å². The number of benzene rings is 1. The van der Waals surface area contributed by atoms with Crippen molar-refractivity contribution >= 4 is 34.7 Å². The highest BCUT2D eigenvalue weighted by molar-refractivity contribution is 7.10. The number of tetrazole rings is 1. The van der Waals surface area contributed by atoms with E-state index in [1.807, 2.05) is 40.6 Å². The lowest BCUT2D eigenvalue weighted by atomic mass is 9.94. The number of hydrogen-bond donors (Lipinski definition) is 1. The Morgan fingerprint density at radius 2 is 1.88 bits per heavy atom. The minimum atomic E-state index is -0.716. The van der Waals surface area contributed by atoms with Crippen molar-refractivity contribution in [2.24, 2.45) is 0 Å². The Kier molecular flexibility index (Phi) is 6.97. The van der Waals surface area contributed by atoms with Crippen molar-refractivity contribution < 1.29 is 23.8 Å². The van der Waals surface area contributed by atoms with Crippen molar-refractivity contribution in [3.8, 4) is 22.8 Å². The average molecular weight is 590 g/mol. The molecule has 1 amide bonds. The number of thiazole rings is 1. The number of aromatic nitrogens is 6. The van der Waals surface area contributed by atoms with Crippen molar-refractivity contribution in [2.75, 3.05) is 63.3 Å². The summed E-state index contributed by atoms with van der Waals surface area (Å²) < 4.78 is 18.4. The number of hydrogen-bond acceptors (Lipinski definition) is 13. The molecule has 3 aliphatic heterocycles. The molecule has 1 aromatic carbocycles. The minimum Gasteiger partial charge on any atom is -0.495 e. The highest BCUT2D eigenvalue weighted by Gasteiger charge is 2.40. The third-order valence-electron chi connectivity index (χ3n) is 7.55. The van der Waals surface area contributed by atoms with Crippen molar-refractivity contribution in [2.45, 2.75) is 12.2 Å². The van der Waals surface area contributed by atoms with Crippen molar-refractivity contribution in [1.29, 1.82) is 0 Å². The number of amides is 1. The lowest BCUT2D eigenvalue weighted by Gasteiger charge is -2.34. The van der Waals surface area contributed by atoms with Crippen LogP contribution >= 0.6 is 11.3 Å². The summed E-state index contributed by atoms with van der Waals surface area (Å²) in [4.78, 5) is 40.0. The third kappa shape index (κ3) is 4.64. The fourth-order valence-electron chi connectivity index (χ4n) is 5.46. The first-order valence-corrected chi connectivity index (χ1v) is 14.4. The van der Waals surface area contributed by atoms with Crippen LogP contribution in [0, 0.1) is 0 Å². The van der Waals surface area contributed by atoms with Crippen LogP contribution in [0.4, 0.5) is 11.6 Å². The molecule has 0 saturated carbocycles. The molecular weight excluding hydrogens is 562 g/mol. The Bertz CT molecular complexity index is 1610. The van der Waals surface area contributed by atoms with Gasteiger partial charge in [-0.2, -0.15) is 4.68 Å². The Morgan fingerprint density at radius 3 is 2.64 bits per heavy atom. The number of fused-ring (bicyclic) bond motifs is 1. The Hall–Kier alpha value is -4.47. The molecule has 1 unspecified atom stereocenters. The first-order valence-electron chi connectivity index (χ1n) is 13.5. The number of piperazine rings is 1. The summed E-state index contributed by atoms with van der Waals surface area (Å²) in [5, 5.41) is 18.0. The molecule has 0 aliphatic carbocycles. The van der Waals surface area contributed by atoms with Crippen LogP contribution in [0.1, 0.15) is 22.8 Å². The van der Waals surface area contributed by atoms with Crippen molar-refractivity contribution in [3.05, 3.63) is 52.5 Å². The van der Waals surface area contributed by atoms with Gasteiger partial charge in [-0.25, -0.2) is 9.97 Å². The fourth-order valence-corrected chi connectivity index (χ4v) is 6.25. The van der Waals surface area contributed by atoms with Gasteiger partial charge in [0, 0.05) is 43.7 Å². The van der Waals surface area contributed by atoms with Gasteiger partial charge in [0.25, 0.3) is 5.91 Å². The molecule has 1 atom stereocenters. The van der Waals surface area contributed by atoms with Gasteiger partial charge in [0.15, 0.2) is 0 Å². The summed E-state index contributed by atoms with van der Waals surface area (Å²) in [6.45, 7) is 3.02. The first kappa shape index (κ1) is 26.4. The molecule has 1 N–H and O–H groups in total. The summed E-state index contributed by atoms with van der Waals surface area (Å²) in [6.07, 6.45) is 1.09. The molecule has 3 aliphatic rings. The summed E-state index contributed by atoms with van der Waals surface area (Å²) in [7, 11) is 1.52. The normalized spacial score (nSPS) is 18.6. The lowest BCUT2D eigenvalue weighted by molar-refractivity contribution is -0.145. The summed E-state index contributed by atoms with van der Waals surface area (Å²) >= 11 is 1.42. The molecule has 15 heteroatoms. The van der Waals surface area contributed by atoms with Crippen molar-refractivity contribution in [3.63, 3.8) is 0 Å². The number of pyridine rings is 1. The summed E-state index contributed by atoms with van der Waals surface area (Å²) in [5.41, 5.74) is 3.32. The number of para-hydroxylation sites is 1. The number of methoxy groups -OCH3 is 1. The fraction of sp³-hybridized carbons (Fsp3) is 0.370. The maximum Gasteiger partial charge on any atom is 0.290 e. The van der Waals surface area contributed by atoms with Crippen LogP contribution in [0.3, 0.4) is 0 Å². The van der Waals surface area contributed by atoms with Crippen LogP contribution in [0.2, 0.25) is 0 Å². The Balaban J connectivity index is 1.07. The third-order valence-corrected chi connectivity index (χ3v) is 8.42. The van der Waals surface area contributed by atoms with E-state index >= 15 is 0 Å². The standard InChI is InChI=1S/C27H27N9O5S/c1-39-19-14-29-21(18-15-42-24(30-18)26-40-11-12-41-26)22-20(19)17(13-28-22)23(37)25(38)34-7-9-35(10-8-34)27-31-32-33-36(27)16-5-3-2-4-6-16/h2-6,14-15,17,26,28H,7-13H2,1H3. The number of carbonyl (C=O) groups is 2. The topological polar surface area (TPSA) is 150 Å². The van der Waals surface area contributed by atoms with E-state index in [2.05, 4.69) is 30.8 Å². The van der Waals surface area contributed by atoms with E-state index < -0.39 is 23.9 Å². The number of Topliss-reactive ketones (excluding diaryl/α,β-unsaturated/α-hetero) is 1. The van der Waals surface area contributed by atoms with Gasteiger partial charge < -0.3 is 29.3 Å². The van der Waals surface area contributed by atoms with Gasteiger partial charge in [-0.15, -0.1) is 11.3 Å². The molecule has 3 aromatic heterocycles. The molecule has 2 saturated heterocycles. The van der Waals surface area contributed by atoms with Crippen molar-refractivity contribution in [1.82, 2.24) is 35.1 Å². The highest BCUT2D eigenvalue weighted by atomic mass is 32.1. The molecule has 2 fully saturated rings. The van der Waals surface area contributed by atoms with E-state index in [1.54, 1.807) is 15.8 Å². The van der Waals surface area contributed by atoms with Crippen LogP contribution < -0.4 is 15.0 Å². The second kappa shape index (κ2) is 11.1. The molecule has 0 bridgehead atoms. The second-order valence-electron chi connectivity index (χ2n) is 9.91. The zero-order valence-corrected chi connectivity index (χ0v) is 23.5. The van der Waals surface area contributed by atoms with Gasteiger partial charge in [-0.3, -0.25) is 9.59 Å².